The molecule has 2 aromatic carbocycles. The summed E-state index contributed by atoms with van der Waals surface area (Å²) in [5.74, 6) is -2.05. The first-order valence-corrected chi connectivity index (χ1v) is 14.1. The van der Waals surface area contributed by atoms with E-state index < -0.39 is 30.0 Å². The molecule has 0 heterocycles. The molecule has 2 saturated carbocycles. The number of aliphatic hydroxyl groups excluding tert-OH is 2. The number of ketones is 2. The van der Waals surface area contributed by atoms with Crippen molar-refractivity contribution in [2.24, 2.45) is 22.7 Å². The lowest BCUT2D eigenvalue weighted by molar-refractivity contribution is -0.144. The fraction of sp³-hybridized carbons (Fsp3) is 0.548. The molecule has 0 bridgehead atoms. The van der Waals surface area contributed by atoms with Gasteiger partial charge in [0.1, 0.15) is 18.2 Å². The molecule has 8 heteroatoms. The van der Waals surface area contributed by atoms with Gasteiger partial charge in [-0.05, 0) is 59.1 Å². The number of benzene rings is 2. The van der Waals surface area contributed by atoms with Gasteiger partial charge >= 0.3 is 0 Å². The maximum atomic E-state index is 13.6. The molecule has 6 nitrogen and oxygen atoms in total. The Morgan fingerprint density at radius 1 is 0.897 bits per heavy atom. The minimum Gasteiger partial charge on any atom is -0.493 e. The summed E-state index contributed by atoms with van der Waals surface area (Å²) in [5.41, 5.74) is 0.730. The molecule has 2 N–H and O–H groups in total. The van der Waals surface area contributed by atoms with Crippen molar-refractivity contribution in [1.29, 1.82) is 0 Å². The molecule has 0 aromatic heterocycles. The monoisotopic (exact) mass is 576 g/mol. The fourth-order valence-electron chi connectivity index (χ4n) is 6.46. The van der Waals surface area contributed by atoms with Crippen LogP contribution in [-0.2, 0) is 16.2 Å². The standard InChI is InChI=1S/C31H38Cl2O6/c1-30(2)12-21(34)27(22(35)13-30)26(28-23(36)14-31(3,4)15-24(28)37)18-10-20(33)29(25(11-18)38-5)39-16-17-6-8-19(32)9-7-17/h6-11,21,23,26-28,34,36H,12-16H2,1-5H3/t21-,23-,27-,28-/m0/s1. The van der Waals surface area contributed by atoms with E-state index >= 15 is 0 Å². The number of hydrogen-bond acceptors (Lipinski definition) is 6. The minimum absolute atomic E-state index is 0.119. The Morgan fingerprint density at radius 2 is 1.41 bits per heavy atom. The second-order valence-electron chi connectivity index (χ2n) is 12.7. The zero-order valence-corrected chi connectivity index (χ0v) is 24.7. The van der Waals surface area contributed by atoms with E-state index in [0.29, 0.717) is 34.9 Å². The van der Waals surface area contributed by atoms with Gasteiger partial charge in [0.15, 0.2) is 11.5 Å². The SMILES string of the molecule is COc1cc(C([C@@H]2C(=O)CC(C)(C)C[C@@H]2O)[C@@H]2C(=O)CC(C)(C)C[C@@H]2O)cc(Cl)c1OCc1ccc(Cl)cc1. The summed E-state index contributed by atoms with van der Waals surface area (Å²) in [6.07, 6.45) is -0.550. The molecule has 4 atom stereocenters. The summed E-state index contributed by atoms with van der Waals surface area (Å²) < 4.78 is 11.7. The molecule has 2 aromatic rings. The second-order valence-corrected chi connectivity index (χ2v) is 13.5. The van der Waals surface area contributed by atoms with E-state index in [-0.39, 0.29) is 46.9 Å². The number of carbonyl (C=O) groups excluding carboxylic acids is 2. The molecule has 0 spiro atoms. The van der Waals surface area contributed by atoms with E-state index in [1.807, 2.05) is 39.8 Å². The van der Waals surface area contributed by atoms with Gasteiger partial charge in [-0.15, -0.1) is 0 Å². The van der Waals surface area contributed by atoms with Crippen LogP contribution in [0.2, 0.25) is 10.0 Å². The average Bonchev–Trinajstić information content (AvgIpc) is 2.80. The van der Waals surface area contributed by atoms with Crippen LogP contribution in [0, 0.1) is 22.7 Å². The molecule has 0 amide bonds. The van der Waals surface area contributed by atoms with Crippen LogP contribution >= 0.6 is 23.2 Å². The summed E-state index contributed by atoms with van der Waals surface area (Å²) in [7, 11) is 1.49. The number of methoxy groups -OCH3 is 1. The molecule has 0 saturated heterocycles. The Labute approximate surface area is 240 Å². The van der Waals surface area contributed by atoms with Crippen molar-refractivity contribution in [3.8, 4) is 11.5 Å². The quantitative estimate of drug-likeness (QED) is 0.396. The highest BCUT2D eigenvalue weighted by molar-refractivity contribution is 6.32. The van der Waals surface area contributed by atoms with Crippen molar-refractivity contribution in [2.45, 2.75) is 78.1 Å². The van der Waals surface area contributed by atoms with E-state index in [9.17, 15) is 19.8 Å². The molecule has 2 aliphatic carbocycles. The lowest BCUT2D eigenvalue weighted by atomic mass is 9.58. The first-order chi connectivity index (χ1) is 18.2. The van der Waals surface area contributed by atoms with Crippen molar-refractivity contribution >= 4 is 34.8 Å². The molecule has 212 valence electrons. The van der Waals surface area contributed by atoms with Crippen molar-refractivity contribution in [3.05, 3.63) is 57.6 Å². The highest BCUT2D eigenvalue weighted by Gasteiger charge is 2.52. The van der Waals surface area contributed by atoms with Gasteiger partial charge in [-0.3, -0.25) is 9.59 Å². The summed E-state index contributed by atoms with van der Waals surface area (Å²) in [6, 6.07) is 10.6. The average molecular weight is 578 g/mol. The maximum absolute atomic E-state index is 13.6. The summed E-state index contributed by atoms with van der Waals surface area (Å²) >= 11 is 12.7. The first kappa shape index (κ1) is 29.9. The van der Waals surface area contributed by atoms with Crippen molar-refractivity contribution in [1.82, 2.24) is 0 Å². The zero-order valence-electron chi connectivity index (χ0n) is 23.2. The van der Waals surface area contributed by atoms with Gasteiger partial charge in [0.2, 0.25) is 0 Å². The topological polar surface area (TPSA) is 93.1 Å². The molecule has 2 fully saturated rings. The van der Waals surface area contributed by atoms with Crippen LogP contribution in [0.5, 0.6) is 11.5 Å². The van der Waals surface area contributed by atoms with E-state index in [4.69, 9.17) is 32.7 Å². The number of carbonyl (C=O) groups is 2. The van der Waals surface area contributed by atoms with Gasteiger partial charge in [-0.25, -0.2) is 0 Å². The van der Waals surface area contributed by atoms with Crippen molar-refractivity contribution in [3.63, 3.8) is 0 Å². The van der Waals surface area contributed by atoms with Gasteiger partial charge < -0.3 is 19.7 Å². The Morgan fingerprint density at radius 3 is 1.87 bits per heavy atom. The summed E-state index contributed by atoms with van der Waals surface area (Å²) in [5, 5.41) is 23.4. The van der Waals surface area contributed by atoms with Gasteiger partial charge in [0, 0.05) is 23.8 Å². The zero-order chi connectivity index (χ0) is 28.7. The second kappa shape index (κ2) is 11.4. The third kappa shape index (κ3) is 6.62. The molecular formula is C31H38Cl2O6. The minimum atomic E-state index is -0.966. The molecule has 0 aliphatic heterocycles. The van der Waals surface area contributed by atoms with E-state index in [1.165, 1.54) is 7.11 Å². The largest absolute Gasteiger partial charge is 0.493 e. The van der Waals surface area contributed by atoms with Crippen molar-refractivity contribution in [2.75, 3.05) is 7.11 Å². The summed E-state index contributed by atoms with van der Waals surface area (Å²) in [6.45, 7) is 8.04. The van der Waals surface area contributed by atoms with Gasteiger partial charge in [-0.2, -0.15) is 0 Å². The van der Waals surface area contributed by atoms with Crippen molar-refractivity contribution < 1.29 is 29.3 Å². The molecular weight excluding hydrogens is 539 g/mol. The maximum Gasteiger partial charge on any atom is 0.180 e. The highest BCUT2D eigenvalue weighted by atomic mass is 35.5. The molecule has 39 heavy (non-hydrogen) atoms. The number of ether oxygens (including phenoxy) is 2. The lowest BCUT2D eigenvalue weighted by Crippen LogP contribution is -2.51. The number of hydrogen-bond donors (Lipinski definition) is 2. The molecule has 0 radical (unpaired) electrons. The first-order valence-electron chi connectivity index (χ1n) is 13.4. The van der Waals surface area contributed by atoms with E-state index in [2.05, 4.69) is 0 Å². The molecule has 0 unspecified atom stereocenters. The van der Waals surface area contributed by atoms with Gasteiger partial charge in [0.25, 0.3) is 0 Å². The van der Waals surface area contributed by atoms with Crippen LogP contribution in [0.1, 0.15) is 70.4 Å². The molecule has 2 aliphatic rings. The third-order valence-electron chi connectivity index (χ3n) is 8.11. The predicted octanol–water partition coefficient (Wildman–Crippen LogP) is 6.40. The Hall–Kier alpha value is -2.12. The summed E-state index contributed by atoms with van der Waals surface area (Å²) in [4.78, 5) is 27.1. The number of Topliss-reactive ketones (excluding diaryl/α,β-unsaturated/α-hetero) is 2. The Kier molecular flexibility index (Phi) is 8.73. The van der Waals surface area contributed by atoms with Crippen LogP contribution in [0.3, 0.4) is 0 Å². The number of halogens is 2. The van der Waals surface area contributed by atoms with Crippen LogP contribution < -0.4 is 9.47 Å². The van der Waals surface area contributed by atoms with Crippen LogP contribution in [-0.4, -0.2) is 41.1 Å². The predicted molar refractivity (Wildman–Crippen MR) is 152 cm³/mol. The lowest BCUT2D eigenvalue weighted by Gasteiger charge is -2.46. The highest BCUT2D eigenvalue weighted by Crippen LogP contribution is 2.51. The number of aliphatic hydroxyl groups is 2. The fourth-order valence-corrected chi connectivity index (χ4v) is 6.86. The van der Waals surface area contributed by atoms with E-state index in [0.717, 1.165) is 5.56 Å². The normalized spacial score (nSPS) is 26.5. The Balaban J connectivity index is 1.75. The third-order valence-corrected chi connectivity index (χ3v) is 8.64. The van der Waals surface area contributed by atoms with Gasteiger partial charge in [-0.1, -0.05) is 63.0 Å². The smallest absolute Gasteiger partial charge is 0.180 e. The number of rotatable bonds is 7. The Bertz CT molecular complexity index is 1180. The van der Waals surface area contributed by atoms with Crippen LogP contribution in [0.4, 0.5) is 0 Å². The van der Waals surface area contributed by atoms with E-state index in [1.54, 1.807) is 24.3 Å². The van der Waals surface area contributed by atoms with Gasteiger partial charge in [0.05, 0.1) is 36.2 Å². The van der Waals surface area contributed by atoms with Crippen LogP contribution in [0.25, 0.3) is 0 Å². The van der Waals surface area contributed by atoms with Crippen LogP contribution in [0.15, 0.2) is 36.4 Å². The molecule has 4 rings (SSSR count).